The van der Waals surface area contributed by atoms with Crippen LogP contribution in [-0.2, 0) is 10.2 Å². The van der Waals surface area contributed by atoms with Crippen molar-refractivity contribution in [1.82, 2.24) is 4.90 Å². The molecule has 3 atom stereocenters. The summed E-state index contributed by atoms with van der Waals surface area (Å²) < 4.78 is 5.50. The van der Waals surface area contributed by atoms with Gasteiger partial charge in [-0.2, -0.15) is 0 Å². The quantitative estimate of drug-likeness (QED) is 0.869. The van der Waals surface area contributed by atoms with Crippen molar-refractivity contribution in [2.45, 2.75) is 38.2 Å². The highest BCUT2D eigenvalue weighted by Gasteiger charge is 2.69. The van der Waals surface area contributed by atoms with Crippen molar-refractivity contribution in [2.24, 2.45) is 11.8 Å². The number of amides is 1. The molecule has 1 amide bonds. The van der Waals surface area contributed by atoms with E-state index in [1.807, 2.05) is 32.9 Å². The molecule has 1 aliphatic carbocycles. The standard InChI is InChI=1S/C18H23Cl2NO3/c1-17(2,3)24-16(23)21-9-13-12(6-7-22)18(13,10-21)11-4-5-14(19)15(20)8-11/h4-5,8,12-13,22H,6-7,9-10H2,1-3H3/t12-,13-,18-/m0/s1. The zero-order chi connectivity index (χ0) is 17.7. The Morgan fingerprint density at radius 2 is 2.08 bits per heavy atom. The molecule has 0 spiro atoms. The molecule has 2 fully saturated rings. The molecule has 6 heteroatoms. The number of hydrogen-bond acceptors (Lipinski definition) is 3. The van der Waals surface area contributed by atoms with Gasteiger partial charge in [0.1, 0.15) is 5.60 Å². The molecule has 1 aliphatic heterocycles. The average Bonchev–Trinajstić information content (AvgIpc) is 2.89. The summed E-state index contributed by atoms with van der Waals surface area (Å²) in [5.74, 6) is 0.688. The van der Waals surface area contributed by atoms with Crippen molar-refractivity contribution in [3.8, 4) is 0 Å². The van der Waals surface area contributed by atoms with Gasteiger partial charge in [0.15, 0.2) is 0 Å². The minimum atomic E-state index is -0.509. The topological polar surface area (TPSA) is 49.8 Å². The molecule has 0 aromatic heterocycles. The molecule has 0 unspecified atom stereocenters. The Kier molecular flexibility index (Phi) is 4.52. The molecule has 1 aromatic carbocycles. The number of carbonyl (C=O) groups is 1. The number of hydrogen-bond donors (Lipinski definition) is 1. The summed E-state index contributed by atoms with van der Waals surface area (Å²) in [6.07, 6.45) is 0.449. The molecule has 3 rings (SSSR count). The zero-order valence-electron chi connectivity index (χ0n) is 14.2. The predicted molar refractivity (Wildman–Crippen MR) is 94.6 cm³/mol. The van der Waals surface area contributed by atoms with Gasteiger partial charge in [-0.05, 0) is 56.7 Å². The molecule has 1 heterocycles. The van der Waals surface area contributed by atoms with Crippen LogP contribution in [0.15, 0.2) is 18.2 Å². The van der Waals surface area contributed by atoms with Gasteiger partial charge in [0, 0.05) is 25.1 Å². The SMILES string of the molecule is CC(C)(C)OC(=O)N1C[C@H]2[C@H](CCO)[C@@]2(c2ccc(Cl)c(Cl)c2)C1. The summed E-state index contributed by atoms with van der Waals surface area (Å²) in [6.45, 7) is 6.99. The van der Waals surface area contributed by atoms with E-state index in [-0.39, 0.29) is 18.1 Å². The van der Waals surface area contributed by atoms with Gasteiger partial charge >= 0.3 is 6.09 Å². The van der Waals surface area contributed by atoms with E-state index in [1.54, 1.807) is 11.0 Å². The monoisotopic (exact) mass is 371 g/mol. The third kappa shape index (κ3) is 3.00. The van der Waals surface area contributed by atoms with Crippen molar-refractivity contribution >= 4 is 29.3 Å². The van der Waals surface area contributed by atoms with Crippen molar-refractivity contribution in [3.63, 3.8) is 0 Å². The highest BCUT2D eigenvalue weighted by atomic mass is 35.5. The molecule has 0 bridgehead atoms. The highest BCUT2D eigenvalue weighted by molar-refractivity contribution is 6.42. The van der Waals surface area contributed by atoms with E-state index in [2.05, 4.69) is 0 Å². The molecular weight excluding hydrogens is 349 g/mol. The summed E-state index contributed by atoms with van der Waals surface area (Å²) in [4.78, 5) is 14.2. The Morgan fingerprint density at radius 1 is 1.38 bits per heavy atom. The summed E-state index contributed by atoms with van der Waals surface area (Å²) in [5, 5.41) is 10.4. The summed E-state index contributed by atoms with van der Waals surface area (Å²) in [7, 11) is 0. The van der Waals surface area contributed by atoms with Crippen LogP contribution < -0.4 is 0 Å². The molecule has 1 aromatic rings. The maximum Gasteiger partial charge on any atom is 0.410 e. The van der Waals surface area contributed by atoms with Gasteiger partial charge in [-0.1, -0.05) is 29.3 Å². The molecule has 4 nitrogen and oxygen atoms in total. The Labute approximate surface area is 152 Å². The number of nitrogens with zero attached hydrogens (tertiary/aromatic N) is 1. The number of rotatable bonds is 3. The van der Waals surface area contributed by atoms with Crippen LogP contribution in [0, 0.1) is 11.8 Å². The second-order valence-corrected chi connectivity index (χ2v) is 8.57. The normalized spacial score (nSPS) is 28.7. The van der Waals surface area contributed by atoms with Crippen molar-refractivity contribution < 1.29 is 14.6 Å². The number of aliphatic hydroxyl groups is 1. The van der Waals surface area contributed by atoms with E-state index >= 15 is 0 Å². The van der Waals surface area contributed by atoms with Crippen LogP contribution in [0.3, 0.4) is 0 Å². The fourth-order valence-corrected chi connectivity index (χ4v) is 4.41. The smallest absolute Gasteiger partial charge is 0.410 e. The number of likely N-dealkylation sites (tertiary alicyclic amines) is 1. The first kappa shape index (κ1) is 17.8. The van der Waals surface area contributed by atoms with E-state index in [4.69, 9.17) is 27.9 Å². The van der Waals surface area contributed by atoms with Crippen LogP contribution in [-0.4, -0.2) is 41.4 Å². The second-order valence-electron chi connectivity index (χ2n) is 7.76. The third-order valence-electron chi connectivity index (χ3n) is 5.12. The Balaban J connectivity index is 1.84. The fourth-order valence-electron chi connectivity index (χ4n) is 4.12. The van der Waals surface area contributed by atoms with Crippen LogP contribution in [0.4, 0.5) is 4.79 Å². The Hall–Kier alpha value is -0.970. The molecule has 132 valence electrons. The number of ether oxygens (including phenoxy) is 1. The van der Waals surface area contributed by atoms with Gasteiger partial charge in [-0.15, -0.1) is 0 Å². The lowest BCUT2D eigenvalue weighted by Crippen LogP contribution is -2.39. The van der Waals surface area contributed by atoms with Crippen LogP contribution in [0.25, 0.3) is 0 Å². The molecule has 1 saturated carbocycles. The number of piperidine rings is 1. The zero-order valence-corrected chi connectivity index (χ0v) is 15.7. The molecule has 1 N–H and O–H groups in total. The molecule has 1 saturated heterocycles. The first-order valence-electron chi connectivity index (χ1n) is 8.23. The summed E-state index contributed by atoms with van der Waals surface area (Å²) in [6, 6.07) is 5.68. The van der Waals surface area contributed by atoms with E-state index in [0.29, 0.717) is 35.0 Å². The maximum atomic E-state index is 12.4. The van der Waals surface area contributed by atoms with Crippen molar-refractivity contribution in [2.75, 3.05) is 19.7 Å². The van der Waals surface area contributed by atoms with E-state index in [0.717, 1.165) is 12.0 Å². The molecular formula is C18H23Cl2NO3. The molecule has 24 heavy (non-hydrogen) atoms. The fraction of sp³-hybridized carbons (Fsp3) is 0.611. The Bertz CT molecular complexity index is 658. The maximum absolute atomic E-state index is 12.4. The van der Waals surface area contributed by atoms with Crippen LogP contribution in [0.1, 0.15) is 32.8 Å². The highest BCUT2D eigenvalue weighted by Crippen LogP contribution is 2.65. The van der Waals surface area contributed by atoms with E-state index < -0.39 is 5.60 Å². The lowest BCUT2D eigenvalue weighted by molar-refractivity contribution is 0.0259. The number of benzene rings is 1. The minimum Gasteiger partial charge on any atom is -0.444 e. The summed E-state index contributed by atoms with van der Waals surface area (Å²) >= 11 is 12.2. The van der Waals surface area contributed by atoms with Gasteiger partial charge in [0.05, 0.1) is 10.0 Å². The van der Waals surface area contributed by atoms with Gasteiger partial charge in [0.2, 0.25) is 0 Å². The lowest BCUT2D eigenvalue weighted by atomic mass is 9.92. The second kappa shape index (κ2) is 6.08. The van der Waals surface area contributed by atoms with E-state index in [1.165, 1.54) is 0 Å². The Morgan fingerprint density at radius 3 is 2.67 bits per heavy atom. The minimum absolute atomic E-state index is 0.145. The van der Waals surface area contributed by atoms with Gasteiger partial charge in [-0.25, -0.2) is 4.79 Å². The van der Waals surface area contributed by atoms with Crippen LogP contribution >= 0.6 is 23.2 Å². The lowest BCUT2D eigenvalue weighted by Gasteiger charge is -2.28. The number of halogens is 2. The van der Waals surface area contributed by atoms with E-state index in [9.17, 15) is 9.90 Å². The number of aliphatic hydroxyl groups excluding tert-OH is 1. The van der Waals surface area contributed by atoms with Crippen molar-refractivity contribution in [1.29, 1.82) is 0 Å². The summed E-state index contributed by atoms with van der Waals surface area (Å²) in [5.41, 5.74) is 0.435. The predicted octanol–water partition coefficient (Wildman–Crippen LogP) is 4.11. The van der Waals surface area contributed by atoms with Gasteiger partial charge < -0.3 is 14.7 Å². The largest absolute Gasteiger partial charge is 0.444 e. The molecule has 2 aliphatic rings. The van der Waals surface area contributed by atoms with Crippen LogP contribution in [0.2, 0.25) is 10.0 Å². The van der Waals surface area contributed by atoms with Crippen molar-refractivity contribution in [3.05, 3.63) is 33.8 Å². The third-order valence-corrected chi connectivity index (χ3v) is 5.86. The molecule has 0 radical (unpaired) electrons. The average molecular weight is 372 g/mol. The number of carbonyl (C=O) groups excluding carboxylic acids is 1. The van der Waals surface area contributed by atoms with Gasteiger partial charge in [-0.3, -0.25) is 0 Å². The van der Waals surface area contributed by atoms with Crippen LogP contribution in [0.5, 0.6) is 0 Å². The van der Waals surface area contributed by atoms with Gasteiger partial charge in [0.25, 0.3) is 0 Å². The first-order valence-corrected chi connectivity index (χ1v) is 8.99. The number of fused-ring (bicyclic) bond motifs is 1. The first-order chi connectivity index (χ1) is 11.2.